The number of benzene rings is 2. The van der Waals surface area contributed by atoms with Gasteiger partial charge in [0.1, 0.15) is 23.4 Å². The van der Waals surface area contributed by atoms with Gasteiger partial charge < -0.3 is 23.7 Å². The number of esters is 1. The highest BCUT2D eigenvalue weighted by Gasteiger charge is 2.28. The molecule has 1 N–H and O–H groups in total. The standard InChI is InChI=1S/C24H28N2O4/c1-4-29-24(27)23-19-15-18(28-3)9-10-21(19)30-22(23)16-25-11-13-26(14-12-25)20-8-6-5-7-17(20)2/h5-10,15H,4,11-14,16H2,1-3H3/p+1. The van der Waals surface area contributed by atoms with Crippen LogP contribution in [0.2, 0.25) is 0 Å². The lowest BCUT2D eigenvalue weighted by atomic mass is 10.1. The first-order chi connectivity index (χ1) is 14.6. The minimum absolute atomic E-state index is 0.330. The second kappa shape index (κ2) is 8.79. The lowest BCUT2D eigenvalue weighted by Gasteiger charge is -2.34. The van der Waals surface area contributed by atoms with Gasteiger partial charge in [0.2, 0.25) is 0 Å². The molecule has 0 aliphatic carbocycles. The van der Waals surface area contributed by atoms with Crippen LogP contribution in [0.5, 0.6) is 5.75 Å². The van der Waals surface area contributed by atoms with Crippen LogP contribution in [0.3, 0.4) is 0 Å². The molecule has 158 valence electrons. The second-order valence-corrected chi connectivity index (χ2v) is 7.68. The highest BCUT2D eigenvalue weighted by Crippen LogP contribution is 2.30. The first-order valence-corrected chi connectivity index (χ1v) is 10.5. The number of para-hydroxylation sites is 1. The van der Waals surface area contributed by atoms with Crippen molar-refractivity contribution in [2.75, 3.05) is 44.8 Å². The first-order valence-electron chi connectivity index (χ1n) is 10.5. The third-order valence-corrected chi connectivity index (χ3v) is 5.78. The Kier molecular flexibility index (Phi) is 5.95. The third kappa shape index (κ3) is 4.00. The van der Waals surface area contributed by atoms with Gasteiger partial charge in [-0.3, -0.25) is 0 Å². The number of carbonyl (C=O) groups is 1. The van der Waals surface area contributed by atoms with Gasteiger partial charge in [-0.1, -0.05) is 18.2 Å². The monoisotopic (exact) mass is 409 g/mol. The Balaban J connectivity index is 1.54. The molecular formula is C24H29N2O4+. The number of piperazine rings is 1. The Bertz CT molecular complexity index is 1030. The summed E-state index contributed by atoms with van der Waals surface area (Å²) in [5, 5.41) is 0.751. The van der Waals surface area contributed by atoms with Crippen LogP contribution >= 0.6 is 0 Å². The summed E-state index contributed by atoms with van der Waals surface area (Å²) in [6, 6.07) is 14.1. The van der Waals surface area contributed by atoms with E-state index in [1.54, 1.807) is 7.11 Å². The average Bonchev–Trinajstić information content (AvgIpc) is 3.12. The van der Waals surface area contributed by atoms with E-state index in [2.05, 4.69) is 36.1 Å². The maximum Gasteiger partial charge on any atom is 0.342 e. The molecule has 0 unspecified atom stereocenters. The van der Waals surface area contributed by atoms with Crippen molar-refractivity contribution in [3.05, 3.63) is 59.4 Å². The number of anilines is 1. The zero-order valence-electron chi connectivity index (χ0n) is 17.9. The molecule has 2 heterocycles. The molecule has 0 spiro atoms. The highest BCUT2D eigenvalue weighted by molar-refractivity contribution is 6.04. The minimum Gasteiger partial charge on any atom is -0.497 e. The number of methoxy groups -OCH3 is 1. The molecule has 1 saturated heterocycles. The van der Waals surface area contributed by atoms with Gasteiger partial charge in [-0.25, -0.2) is 4.79 Å². The Hall–Kier alpha value is -2.99. The number of nitrogens with zero attached hydrogens (tertiary/aromatic N) is 1. The van der Waals surface area contributed by atoms with E-state index in [1.165, 1.54) is 16.2 Å². The molecule has 4 rings (SSSR count). The predicted molar refractivity (Wildman–Crippen MR) is 117 cm³/mol. The summed E-state index contributed by atoms with van der Waals surface area (Å²) in [5.41, 5.74) is 3.82. The lowest BCUT2D eigenvalue weighted by Crippen LogP contribution is -3.13. The molecule has 0 bridgehead atoms. The maximum absolute atomic E-state index is 12.7. The Morgan fingerprint density at radius 2 is 1.93 bits per heavy atom. The number of aryl methyl sites for hydroxylation is 1. The quantitative estimate of drug-likeness (QED) is 0.635. The van der Waals surface area contributed by atoms with Gasteiger partial charge in [0, 0.05) is 11.1 Å². The fourth-order valence-corrected chi connectivity index (χ4v) is 4.19. The summed E-state index contributed by atoms with van der Waals surface area (Å²) in [5.74, 6) is 1.05. The SMILES string of the molecule is CCOC(=O)c1c(C[NH+]2CCN(c3ccccc3C)CC2)oc2ccc(OC)cc12. The van der Waals surface area contributed by atoms with Gasteiger partial charge in [-0.15, -0.1) is 0 Å². The molecule has 0 amide bonds. The zero-order valence-corrected chi connectivity index (χ0v) is 17.9. The number of rotatable bonds is 6. The molecule has 2 aromatic carbocycles. The molecule has 30 heavy (non-hydrogen) atoms. The van der Waals surface area contributed by atoms with E-state index in [9.17, 15) is 4.79 Å². The predicted octanol–water partition coefficient (Wildman–Crippen LogP) is 2.83. The number of ether oxygens (including phenoxy) is 2. The maximum atomic E-state index is 12.7. The van der Waals surface area contributed by atoms with Crippen LogP contribution < -0.4 is 14.5 Å². The minimum atomic E-state index is -0.336. The molecule has 1 aromatic heterocycles. The van der Waals surface area contributed by atoms with E-state index < -0.39 is 0 Å². The molecule has 0 saturated carbocycles. The summed E-state index contributed by atoms with van der Waals surface area (Å²) < 4.78 is 16.8. The van der Waals surface area contributed by atoms with E-state index in [0.29, 0.717) is 35.8 Å². The number of hydrogen-bond acceptors (Lipinski definition) is 5. The number of fused-ring (bicyclic) bond motifs is 1. The van der Waals surface area contributed by atoms with Crippen molar-refractivity contribution < 1.29 is 23.6 Å². The van der Waals surface area contributed by atoms with E-state index in [-0.39, 0.29) is 5.97 Å². The fourth-order valence-electron chi connectivity index (χ4n) is 4.19. The summed E-state index contributed by atoms with van der Waals surface area (Å²) in [7, 11) is 1.62. The van der Waals surface area contributed by atoms with Crippen LogP contribution in [0.1, 0.15) is 28.6 Å². The molecule has 1 aliphatic rings. The highest BCUT2D eigenvalue weighted by atomic mass is 16.5. The van der Waals surface area contributed by atoms with Crippen LogP contribution in [0.15, 0.2) is 46.9 Å². The van der Waals surface area contributed by atoms with E-state index in [1.807, 2.05) is 25.1 Å². The Labute approximate surface area is 177 Å². The molecule has 3 aromatic rings. The third-order valence-electron chi connectivity index (χ3n) is 5.78. The van der Waals surface area contributed by atoms with Crippen LogP contribution in [0.25, 0.3) is 11.0 Å². The van der Waals surface area contributed by atoms with Crippen molar-refractivity contribution >= 4 is 22.6 Å². The molecule has 1 fully saturated rings. The number of furan rings is 1. The molecule has 0 radical (unpaired) electrons. The summed E-state index contributed by atoms with van der Waals surface area (Å²) in [6.07, 6.45) is 0. The Morgan fingerprint density at radius 3 is 2.63 bits per heavy atom. The van der Waals surface area contributed by atoms with Gasteiger partial charge in [0.05, 0.1) is 39.9 Å². The lowest BCUT2D eigenvalue weighted by molar-refractivity contribution is -0.915. The summed E-state index contributed by atoms with van der Waals surface area (Å²) >= 11 is 0. The summed E-state index contributed by atoms with van der Waals surface area (Å²) in [4.78, 5) is 16.6. The van der Waals surface area contributed by atoms with Crippen molar-refractivity contribution in [3.8, 4) is 5.75 Å². The van der Waals surface area contributed by atoms with Gasteiger partial charge in [-0.2, -0.15) is 0 Å². The van der Waals surface area contributed by atoms with Gasteiger partial charge >= 0.3 is 5.97 Å². The van der Waals surface area contributed by atoms with Gasteiger partial charge in [-0.05, 0) is 43.7 Å². The van der Waals surface area contributed by atoms with Crippen molar-refractivity contribution in [3.63, 3.8) is 0 Å². The number of hydrogen-bond donors (Lipinski definition) is 1. The number of carbonyl (C=O) groups excluding carboxylic acids is 1. The fraction of sp³-hybridized carbons (Fsp3) is 0.375. The van der Waals surface area contributed by atoms with Crippen LogP contribution in [-0.2, 0) is 11.3 Å². The van der Waals surface area contributed by atoms with Crippen LogP contribution in [0.4, 0.5) is 5.69 Å². The van der Waals surface area contributed by atoms with E-state index in [4.69, 9.17) is 13.9 Å². The molecule has 0 atom stereocenters. The summed E-state index contributed by atoms with van der Waals surface area (Å²) in [6.45, 7) is 8.88. The van der Waals surface area contributed by atoms with Crippen LogP contribution in [-0.4, -0.2) is 45.9 Å². The zero-order chi connectivity index (χ0) is 21.1. The Morgan fingerprint density at radius 1 is 1.17 bits per heavy atom. The van der Waals surface area contributed by atoms with Crippen molar-refractivity contribution in [1.82, 2.24) is 0 Å². The number of nitrogens with one attached hydrogen (secondary N) is 1. The normalized spacial score (nSPS) is 14.8. The molecular weight excluding hydrogens is 380 g/mol. The second-order valence-electron chi connectivity index (χ2n) is 7.68. The van der Waals surface area contributed by atoms with Crippen molar-refractivity contribution in [2.45, 2.75) is 20.4 Å². The largest absolute Gasteiger partial charge is 0.497 e. The van der Waals surface area contributed by atoms with Crippen molar-refractivity contribution in [2.24, 2.45) is 0 Å². The topological polar surface area (TPSA) is 56.4 Å². The van der Waals surface area contributed by atoms with E-state index in [0.717, 1.165) is 31.6 Å². The van der Waals surface area contributed by atoms with E-state index >= 15 is 0 Å². The smallest absolute Gasteiger partial charge is 0.342 e. The number of quaternary nitrogens is 1. The molecule has 1 aliphatic heterocycles. The first kappa shape index (κ1) is 20.3. The van der Waals surface area contributed by atoms with Gasteiger partial charge in [0.15, 0.2) is 5.76 Å². The average molecular weight is 410 g/mol. The van der Waals surface area contributed by atoms with Crippen molar-refractivity contribution in [1.29, 1.82) is 0 Å². The van der Waals surface area contributed by atoms with Gasteiger partial charge in [0.25, 0.3) is 0 Å². The molecule has 6 nitrogen and oxygen atoms in total. The molecule has 6 heteroatoms. The van der Waals surface area contributed by atoms with Crippen LogP contribution in [0, 0.1) is 6.92 Å².